The van der Waals surface area contributed by atoms with E-state index in [-0.39, 0.29) is 11.8 Å². The maximum Gasteiger partial charge on any atom is 0.223 e. The summed E-state index contributed by atoms with van der Waals surface area (Å²) in [6.07, 6.45) is 3.97. The SMILES string of the molecule is Cn1ccc(CNC(=O)C2CC2)n1. The zero-order valence-electron chi connectivity index (χ0n) is 7.66. The molecule has 0 aliphatic heterocycles. The van der Waals surface area contributed by atoms with Gasteiger partial charge >= 0.3 is 0 Å². The lowest BCUT2D eigenvalue weighted by molar-refractivity contribution is -0.122. The molecule has 0 radical (unpaired) electrons. The van der Waals surface area contributed by atoms with E-state index in [0.717, 1.165) is 18.5 Å². The summed E-state index contributed by atoms with van der Waals surface area (Å²) < 4.78 is 1.73. The van der Waals surface area contributed by atoms with E-state index < -0.39 is 0 Å². The fourth-order valence-electron chi connectivity index (χ4n) is 1.22. The van der Waals surface area contributed by atoms with Crippen molar-refractivity contribution in [3.8, 4) is 0 Å². The number of amides is 1. The number of hydrogen-bond acceptors (Lipinski definition) is 2. The number of carbonyl (C=O) groups excluding carboxylic acids is 1. The first-order valence-corrected chi connectivity index (χ1v) is 4.52. The van der Waals surface area contributed by atoms with Crippen LogP contribution in [0, 0.1) is 5.92 Å². The Morgan fingerprint density at radius 2 is 2.54 bits per heavy atom. The van der Waals surface area contributed by atoms with Crippen molar-refractivity contribution in [2.75, 3.05) is 0 Å². The first-order valence-electron chi connectivity index (χ1n) is 4.52. The molecule has 0 atom stereocenters. The lowest BCUT2D eigenvalue weighted by Crippen LogP contribution is -2.24. The van der Waals surface area contributed by atoms with Crippen molar-refractivity contribution in [1.29, 1.82) is 0 Å². The van der Waals surface area contributed by atoms with Crippen LogP contribution in [-0.4, -0.2) is 15.7 Å². The maximum atomic E-state index is 11.2. The zero-order chi connectivity index (χ0) is 9.26. The van der Waals surface area contributed by atoms with Gasteiger partial charge in [-0.15, -0.1) is 0 Å². The van der Waals surface area contributed by atoms with Gasteiger partial charge in [0.25, 0.3) is 0 Å². The van der Waals surface area contributed by atoms with E-state index in [1.807, 2.05) is 19.3 Å². The molecule has 0 spiro atoms. The summed E-state index contributed by atoms with van der Waals surface area (Å²) in [7, 11) is 1.87. The van der Waals surface area contributed by atoms with Gasteiger partial charge in [-0.3, -0.25) is 9.48 Å². The number of aromatic nitrogens is 2. The van der Waals surface area contributed by atoms with Crippen molar-refractivity contribution < 1.29 is 4.79 Å². The zero-order valence-corrected chi connectivity index (χ0v) is 7.66. The summed E-state index contributed by atoms with van der Waals surface area (Å²) in [4.78, 5) is 11.2. The van der Waals surface area contributed by atoms with E-state index in [1.165, 1.54) is 0 Å². The number of carbonyl (C=O) groups is 1. The second-order valence-electron chi connectivity index (χ2n) is 3.47. The summed E-state index contributed by atoms with van der Waals surface area (Å²) in [6.45, 7) is 0.552. The Labute approximate surface area is 76.9 Å². The highest BCUT2D eigenvalue weighted by atomic mass is 16.2. The van der Waals surface area contributed by atoms with E-state index in [0.29, 0.717) is 6.54 Å². The van der Waals surface area contributed by atoms with Crippen LogP contribution in [-0.2, 0) is 18.4 Å². The van der Waals surface area contributed by atoms with Crippen LogP contribution in [0.5, 0.6) is 0 Å². The van der Waals surface area contributed by atoms with Gasteiger partial charge in [-0.25, -0.2) is 0 Å². The molecule has 1 saturated carbocycles. The normalized spacial score (nSPS) is 15.8. The molecule has 1 aromatic heterocycles. The highest BCUT2D eigenvalue weighted by Gasteiger charge is 2.29. The third-order valence-corrected chi connectivity index (χ3v) is 2.16. The fraction of sp³-hybridized carbons (Fsp3) is 0.556. The number of nitrogens with zero attached hydrogens (tertiary/aromatic N) is 2. The largest absolute Gasteiger partial charge is 0.350 e. The van der Waals surface area contributed by atoms with E-state index in [2.05, 4.69) is 10.4 Å². The molecule has 0 aromatic carbocycles. The van der Waals surface area contributed by atoms with Crippen molar-refractivity contribution in [3.05, 3.63) is 18.0 Å². The molecule has 0 bridgehead atoms. The minimum absolute atomic E-state index is 0.172. The second-order valence-corrected chi connectivity index (χ2v) is 3.47. The predicted octanol–water partition coefficient (Wildman–Crippen LogP) is 0.446. The summed E-state index contributed by atoms with van der Waals surface area (Å²) >= 11 is 0. The second kappa shape index (κ2) is 3.20. The molecule has 1 fully saturated rings. The lowest BCUT2D eigenvalue weighted by Gasteiger charge is -2.00. The van der Waals surface area contributed by atoms with Crippen LogP contribution in [0.4, 0.5) is 0 Å². The first-order chi connectivity index (χ1) is 6.25. The quantitative estimate of drug-likeness (QED) is 0.732. The molecule has 13 heavy (non-hydrogen) atoms. The molecule has 1 aliphatic carbocycles. The molecule has 1 aliphatic rings. The number of nitrogens with one attached hydrogen (secondary N) is 1. The molecule has 0 unspecified atom stereocenters. The predicted molar refractivity (Wildman–Crippen MR) is 47.8 cm³/mol. The number of aryl methyl sites for hydroxylation is 1. The molecule has 0 saturated heterocycles. The molecule has 4 heteroatoms. The van der Waals surface area contributed by atoms with Crippen LogP contribution >= 0.6 is 0 Å². The van der Waals surface area contributed by atoms with Crippen LogP contribution in [0.2, 0.25) is 0 Å². The summed E-state index contributed by atoms with van der Waals surface area (Å²) in [5.41, 5.74) is 0.913. The van der Waals surface area contributed by atoms with Crippen molar-refractivity contribution in [2.45, 2.75) is 19.4 Å². The van der Waals surface area contributed by atoms with Crippen LogP contribution in [0.1, 0.15) is 18.5 Å². The fourth-order valence-corrected chi connectivity index (χ4v) is 1.22. The Hall–Kier alpha value is -1.32. The van der Waals surface area contributed by atoms with E-state index in [9.17, 15) is 4.79 Å². The Kier molecular flexibility index (Phi) is 2.04. The van der Waals surface area contributed by atoms with Crippen LogP contribution < -0.4 is 5.32 Å². The van der Waals surface area contributed by atoms with E-state index in [1.54, 1.807) is 4.68 Å². The Morgan fingerprint density at radius 1 is 1.77 bits per heavy atom. The molecule has 1 amide bonds. The Bertz CT molecular complexity index is 314. The van der Waals surface area contributed by atoms with Crippen molar-refractivity contribution in [2.24, 2.45) is 13.0 Å². The highest BCUT2D eigenvalue weighted by Crippen LogP contribution is 2.28. The van der Waals surface area contributed by atoms with Gasteiger partial charge in [-0.05, 0) is 18.9 Å². The molecule has 2 rings (SSSR count). The van der Waals surface area contributed by atoms with Gasteiger partial charge in [0.2, 0.25) is 5.91 Å². The lowest BCUT2D eigenvalue weighted by atomic mass is 10.3. The van der Waals surface area contributed by atoms with Gasteiger partial charge in [0.15, 0.2) is 0 Å². The van der Waals surface area contributed by atoms with E-state index >= 15 is 0 Å². The standard InChI is InChI=1S/C9H13N3O/c1-12-5-4-8(11-12)6-10-9(13)7-2-3-7/h4-5,7H,2-3,6H2,1H3,(H,10,13). The minimum atomic E-state index is 0.172. The van der Waals surface area contributed by atoms with Crippen molar-refractivity contribution in [3.63, 3.8) is 0 Å². The average Bonchev–Trinajstić information content (AvgIpc) is 2.87. The summed E-state index contributed by atoms with van der Waals surface area (Å²) in [5, 5.41) is 7.02. The molecule has 4 nitrogen and oxygen atoms in total. The van der Waals surface area contributed by atoms with Crippen LogP contribution in [0.25, 0.3) is 0 Å². The number of rotatable bonds is 3. The summed E-state index contributed by atoms with van der Waals surface area (Å²) in [5.74, 6) is 0.453. The van der Waals surface area contributed by atoms with Crippen LogP contribution in [0.15, 0.2) is 12.3 Å². The monoisotopic (exact) mass is 179 g/mol. The average molecular weight is 179 g/mol. The van der Waals surface area contributed by atoms with Crippen molar-refractivity contribution in [1.82, 2.24) is 15.1 Å². The maximum absolute atomic E-state index is 11.2. The molecule has 1 heterocycles. The topological polar surface area (TPSA) is 46.9 Å². The minimum Gasteiger partial charge on any atom is -0.350 e. The first kappa shape index (κ1) is 8.29. The third-order valence-electron chi connectivity index (χ3n) is 2.16. The molecule has 70 valence electrons. The molecule has 1 N–H and O–H groups in total. The van der Waals surface area contributed by atoms with Gasteiger partial charge in [-0.2, -0.15) is 5.10 Å². The van der Waals surface area contributed by atoms with Gasteiger partial charge in [-0.1, -0.05) is 0 Å². The number of hydrogen-bond donors (Lipinski definition) is 1. The Morgan fingerprint density at radius 3 is 3.08 bits per heavy atom. The van der Waals surface area contributed by atoms with E-state index in [4.69, 9.17) is 0 Å². The molecule has 1 aromatic rings. The Balaban J connectivity index is 1.81. The van der Waals surface area contributed by atoms with Crippen molar-refractivity contribution >= 4 is 5.91 Å². The third kappa shape index (κ3) is 2.08. The van der Waals surface area contributed by atoms with Gasteiger partial charge in [0.05, 0.1) is 12.2 Å². The van der Waals surface area contributed by atoms with Gasteiger partial charge in [0.1, 0.15) is 0 Å². The highest BCUT2D eigenvalue weighted by molar-refractivity contribution is 5.80. The molecular weight excluding hydrogens is 166 g/mol. The smallest absolute Gasteiger partial charge is 0.223 e. The van der Waals surface area contributed by atoms with Crippen LogP contribution in [0.3, 0.4) is 0 Å². The molecular formula is C9H13N3O. The summed E-state index contributed by atoms with van der Waals surface area (Å²) in [6, 6.07) is 1.91. The van der Waals surface area contributed by atoms with Gasteiger partial charge < -0.3 is 5.32 Å². The van der Waals surface area contributed by atoms with Gasteiger partial charge in [0, 0.05) is 19.2 Å².